The van der Waals surface area contributed by atoms with Crippen molar-refractivity contribution < 1.29 is 9.53 Å². The van der Waals surface area contributed by atoms with Gasteiger partial charge in [0.05, 0.1) is 7.11 Å². The summed E-state index contributed by atoms with van der Waals surface area (Å²) in [5.74, 6) is 1.40. The molecule has 0 saturated carbocycles. The Labute approximate surface area is 184 Å². The van der Waals surface area contributed by atoms with E-state index in [-0.39, 0.29) is 17.1 Å². The van der Waals surface area contributed by atoms with E-state index in [2.05, 4.69) is 22.3 Å². The maximum Gasteiger partial charge on any atom is 0.300 e. The van der Waals surface area contributed by atoms with Crippen LogP contribution in [0.3, 0.4) is 0 Å². The highest BCUT2D eigenvalue weighted by molar-refractivity contribution is 5.76. The number of aryl methyl sites for hydroxylation is 1. The molecule has 3 heterocycles. The van der Waals surface area contributed by atoms with E-state index in [1.54, 1.807) is 36.0 Å². The molecule has 162 valence electrons. The molecule has 32 heavy (non-hydrogen) atoms. The molecular formula is C24H23N5O3. The van der Waals surface area contributed by atoms with Gasteiger partial charge in [-0.1, -0.05) is 24.3 Å². The van der Waals surface area contributed by atoms with Gasteiger partial charge in [0.25, 0.3) is 0 Å². The van der Waals surface area contributed by atoms with Gasteiger partial charge in [-0.3, -0.25) is 18.6 Å². The molecule has 5 rings (SSSR count). The summed E-state index contributed by atoms with van der Waals surface area (Å²) >= 11 is 0. The molecule has 0 aliphatic carbocycles. The van der Waals surface area contributed by atoms with E-state index in [0.717, 1.165) is 18.7 Å². The Balaban J connectivity index is 1.32. The highest BCUT2D eigenvalue weighted by Gasteiger charge is 2.21. The van der Waals surface area contributed by atoms with Crippen molar-refractivity contribution in [3.05, 3.63) is 88.2 Å². The molecule has 0 spiro atoms. The van der Waals surface area contributed by atoms with Crippen LogP contribution in [-0.2, 0) is 24.2 Å². The Kier molecular flexibility index (Phi) is 5.18. The molecule has 0 radical (unpaired) electrons. The molecule has 0 saturated heterocycles. The average Bonchev–Trinajstić information content (AvgIpc) is 3.26. The molecule has 1 aliphatic heterocycles. The van der Waals surface area contributed by atoms with Crippen LogP contribution in [0.5, 0.6) is 5.75 Å². The van der Waals surface area contributed by atoms with Crippen molar-refractivity contribution in [2.45, 2.75) is 25.8 Å². The summed E-state index contributed by atoms with van der Waals surface area (Å²) in [5.41, 5.74) is 3.20. The predicted molar refractivity (Wildman–Crippen MR) is 119 cm³/mol. The lowest BCUT2D eigenvalue weighted by atomic mass is 9.99. The summed E-state index contributed by atoms with van der Waals surface area (Å²) in [5, 5.41) is 8.27. The molecule has 2 aromatic carbocycles. The molecule has 0 unspecified atom stereocenters. The van der Waals surface area contributed by atoms with Crippen LogP contribution in [0.1, 0.15) is 23.4 Å². The fourth-order valence-electron chi connectivity index (χ4n) is 4.14. The number of hydrogen-bond donors (Lipinski definition) is 0. The Hall–Kier alpha value is -3.94. The lowest BCUT2D eigenvalue weighted by Gasteiger charge is -2.28. The van der Waals surface area contributed by atoms with Gasteiger partial charge in [0.1, 0.15) is 11.6 Å². The second kappa shape index (κ2) is 8.30. The SMILES string of the molecule is COc1ccc(-n2ccn3c(CCC(=O)N4CCc5ccccc5C4)nnc3c2=O)cc1. The lowest BCUT2D eigenvalue weighted by molar-refractivity contribution is -0.132. The third kappa shape index (κ3) is 3.64. The van der Waals surface area contributed by atoms with E-state index < -0.39 is 0 Å². The first-order chi connectivity index (χ1) is 15.6. The van der Waals surface area contributed by atoms with Gasteiger partial charge in [0.2, 0.25) is 11.6 Å². The first-order valence-electron chi connectivity index (χ1n) is 10.6. The summed E-state index contributed by atoms with van der Waals surface area (Å²) < 4.78 is 8.36. The first kappa shape index (κ1) is 20.0. The fraction of sp³-hybridized carbons (Fsp3) is 0.250. The zero-order valence-corrected chi connectivity index (χ0v) is 17.8. The number of hydrogen-bond acceptors (Lipinski definition) is 5. The zero-order chi connectivity index (χ0) is 22.1. The predicted octanol–water partition coefficient (Wildman–Crippen LogP) is 2.41. The quantitative estimate of drug-likeness (QED) is 0.487. The molecule has 1 aliphatic rings. The van der Waals surface area contributed by atoms with Crippen LogP contribution >= 0.6 is 0 Å². The van der Waals surface area contributed by atoms with Crippen LogP contribution in [0.15, 0.2) is 65.7 Å². The molecule has 0 bridgehead atoms. The molecule has 4 aromatic rings. The number of ether oxygens (including phenoxy) is 1. The summed E-state index contributed by atoms with van der Waals surface area (Å²) in [6.45, 7) is 1.37. The van der Waals surface area contributed by atoms with Crippen LogP contribution in [0, 0.1) is 0 Å². The van der Waals surface area contributed by atoms with E-state index in [1.807, 2.05) is 29.2 Å². The van der Waals surface area contributed by atoms with E-state index >= 15 is 0 Å². The van der Waals surface area contributed by atoms with Crippen LogP contribution in [0.2, 0.25) is 0 Å². The molecule has 0 fully saturated rings. The summed E-state index contributed by atoms with van der Waals surface area (Å²) in [6.07, 6.45) is 5.07. The monoisotopic (exact) mass is 429 g/mol. The van der Waals surface area contributed by atoms with Crippen molar-refractivity contribution in [1.29, 1.82) is 0 Å². The normalized spacial score (nSPS) is 13.2. The van der Waals surface area contributed by atoms with Gasteiger partial charge in [-0.25, -0.2) is 0 Å². The van der Waals surface area contributed by atoms with Crippen molar-refractivity contribution in [3.8, 4) is 11.4 Å². The van der Waals surface area contributed by atoms with Crippen LogP contribution in [0.4, 0.5) is 0 Å². The van der Waals surface area contributed by atoms with Crippen molar-refractivity contribution in [1.82, 2.24) is 24.1 Å². The van der Waals surface area contributed by atoms with Gasteiger partial charge < -0.3 is 9.64 Å². The molecule has 8 nitrogen and oxygen atoms in total. The number of amides is 1. The summed E-state index contributed by atoms with van der Waals surface area (Å²) in [6, 6.07) is 15.5. The highest BCUT2D eigenvalue weighted by Crippen LogP contribution is 2.19. The molecule has 2 aromatic heterocycles. The van der Waals surface area contributed by atoms with E-state index in [9.17, 15) is 9.59 Å². The third-order valence-electron chi connectivity index (χ3n) is 5.94. The number of methoxy groups -OCH3 is 1. The average molecular weight is 429 g/mol. The van der Waals surface area contributed by atoms with Gasteiger partial charge in [0.15, 0.2) is 0 Å². The lowest BCUT2D eigenvalue weighted by Crippen LogP contribution is -2.36. The molecule has 0 N–H and O–H groups in total. The maximum atomic E-state index is 12.9. The smallest absolute Gasteiger partial charge is 0.300 e. The van der Waals surface area contributed by atoms with Crippen molar-refractivity contribution in [2.24, 2.45) is 0 Å². The number of fused-ring (bicyclic) bond motifs is 2. The van der Waals surface area contributed by atoms with E-state index in [4.69, 9.17) is 4.74 Å². The number of nitrogens with zero attached hydrogens (tertiary/aromatic N) is 5. The minimum absolute atomic E-state index is 0.0860. The van der Waals surface area contributed by atoms with Crippen LogP contribution in [-0.4, -0.2) is 43.6 Å². The first-order valence-corrected chi connectivity index (χ1v) is 10.6. The standard InChI is InChI=1S/C24H23N5O3/c1-32-20-8-6-19(7-9-20)28-14-15-29-21(25-26-23(29)24(28)31)10-11-22(30)27-13-12-17-4-2-3-5-18(17)16-27/h2-9,14-15H,10-13,16H2,1H3. The number of rotatable bonds is 5. The highest BCUT2D eigenvalue weighted by atomic mass is 16.5. The number of carbonyl (C=O) groups excluding carboxylic acids is 1. The van der Waals surface area contributed by atoms with Gasteiger partial charge in [0, 0.05) is 44.0 Å². The third-order valence-corrected chi connectivity index (χ3v) is 5.94. The molecule has 0 atom stereocenters. The number of benzene rings is 2. The number of aromatic nitrogens is 4. The molecule has 8 heteroatoms. The molecular weight excluding hydrogens is 406 g/mol. The second-order valence-corrected chi connectivity index (χ2v) is 7.82. The second-order valence-electron chi connectivity index (χ2n) is 7.82. The van der Waals surface area contributed by atoms with Crippen LogP contribution in [0.25, 0.3) is 11.3 Å². The zero-order valence-electron chi connectivity index (χ0n) is 17.8. The summed E-state index contributed by atoms with van der Waals surface area (Å²) in [7, 11) is 1.60. The van der Waals surface area contributed by atoms with Gasteiger partial charge in [-0.05, 0) is 41.8 Å². The largest absolute Gasteiger partial charge is 0.497 e. The minimum atomic E-state index is -0.268. The Morgan fingerprint density at radius 1 is 1.03 bits per heavy atom. The minimum Gasteiger partial charge on any atom is -0.497 e. The fourth-order valence-corrected chi connectivity index (χ4v) is 4.14. The van der Waals surface area contributed by atoms with E-state index in [1.165, 1.54) is 15.7 Å². The van der Waals surface area contributed by atoms with Crippen molar-refractivity contribution in [3.63, 3.8) is 0 Å². The number of carbonyl (C=O) groups is 1. The topological polar surface area (TPSA) is 81.7 Å². The Bertz CT molecular complexity index is 1340. The van der Waals surface area contributed by atoms with Crippen molar-refractivity contribution in [2.75, 3.05) is 13.7 Å². The van der Waals surface area contributed by atoms with Crippen LogP contribution < -0.4 is 10.3 Å². The Morgan fingerprint density at radius 2 is 1.81 bits per heavy atom. The van der Waals surface area contributed by atoms with Gasteiger partial charge in [-0.15, -0.1) is 10.2 Å². The van der Waals surface area contributed by atoms with E-state index in [0.29, 0.717) is 30.9 Å². The maximum absolute atomic E-state index is 12.9. The molecule has 1 amide bonds. The van der Waals surface area contributed by atoms with Crippen molar-refractivity contribution >= 4 is 11.6 Å². The van der Waals surface area contributed by atoms with Gasteiger partial charge >= 0.3 is 5.56 Å². The Morgan fingerprint density at radius 3 is 2.59 bits per heavy atom. The van der Waals surface area contributed by atoms with Gasteiger partial charge in [-0.2, -0.15) is 0 Å². The summed E-state index contributed by atoms with van der Waals surface area (Å²) in [4.78, 5) is 27.6.